The SMILES string of the molecule is CCn1ncc2cc(CNC)cnc21. The van der Waals surface area contributed by atoms with Gasteiger partial charge in [-0.05, 0) is 25.6 Å². The van der Waals surface area contributed by atoms with Gasteiger partial charge in [-0.25, -0.2) is 9.67 Å². The van der Waals surface area contributed by atoms with Gasteiger partial charge in [0, 0.05) is 24.7 Å². The van der Waals surface area contributed by atoms with E-state index in [0.29, 0.717) is 0 Å². The Hall–Kier alpha value is -1.42. The Labute approximate surface area is 82.9 Å². The Morgan fingerprint density at radius 2 is 2.29 bits per heavy atom. The van der Waals surface area contributed by atoms with Gasteiger partial charge in [0.15, 0.2) is 5.65 Å². The maximum Gasteiger partial charge on any atom is 0.157 e. The second-order valence-corrected chi connectivity index (χ2v) is 3.25. The summed E-state index contributed by atoms with van der Waals surface area (Å²) in [7, 11) is 1.93. The van der Waals surface area contributed by atoms with Crippen LogP contribution in [-0.2, 0) is 13.1 Å². The molecule has 0 aliphatic carbocycles. The third-order valence-electron chi connectivity index (χ3n) is 2.21. The Kier molecular flexibility index (Phi) is 2.45. The van der Waals surface area contributed by atoms with E-state index in [1.165, 1.54) is 5.56 Å². The summed E-state index contributed by atoms with van der Waals surface area (Å²) in [6.45, 7) is 3.78. The van der Waals surface area contributed by atoms with Crippen LogP contribution in [0.3, 0.4) is 0 Å². The zero-order chi connectivity index (χ0) is 9.97. The number of pyridine rings is 1. The van der Waals surface area contributed by atoms with Crippen LogP contribution in [0.15, 0.2) is 18.5 Å². The maximum atomic E-state index is 4.39. The number of nitrogens with one attached hydrogen (secondary N) is 1. The van der Waals surface area contributed by atoms with Crippen molar-refractivity contribution in [2.24, 2.45) is 0 Å². The van der Waals surface area contributed by atoms with E-state index < -0.39 is 0 Å². The summed E-state index contributed by atoms with van der Waals surface area (Å²) in [6, 6.07) is 2.12. The fraction of sp³-hybridized carbons (Fsp3) is 0.400. The van der Waals surface area contributed by atoms with Gasteiger partial charge in [-0.1, -0.05) is 0 Å². The normalized spacial score (nSPS) is 11.0. The third-order valence-corrected chi connectivity index (χ3v) is 2.21. The summed E-state index contributed by atoms with van der Waals surface area (Å²) in [5.41, 5.74) is 2.16. The molecule has 2 rings (SSSR count). The van der Waals surface area contributed by atoms with Crippen molar-refractivity contribution in [2.75, 3.05) is 7.05 Å². The summed E-state index contributed by atoms with van der Waals surface area (Å²) in [5.74, 6) is 0. The molecule has 0 saturated carbocycles. The smallest absolute Gasteiger partial charge is 0.157 e. The molecule has 0 atom stereocenters. The molecule has 2 heterocycles. The second kappa shape index (κ2) is 3.75. The Bertz CT molecular complexity index is 433. The van der Waals surface area contributed by atoms with Crippen molar-refractivity contribution in [3.05, 3.63) is 24.0 Å². The molecule has 2 aromatic heterocycles. The fourth-order valence-corrected chi connectivity index (χ4v) is 1.55. The van der Waals surface area contributed by atoms with Gasteiger partial charge >= 0.3 is 0 Å². The van der Waals surface area contributed by atoms with Gasteiger partial charge in [0.25, 0.3) is 0 Å². The maximum absolute atomic E-state index is 4.39. The molecule has 0 aliphatic heterocycles. The predicted molar refractivity (Wildman–Crippen MR) is 56.0 cm³/mol. The largest absolute Gasteiger partial charge is 0.316 e. The molecule has 0 aliphatic rings. The lowest BCUT2D eigenvalue weighted by atomic mass is 10.2. The van der Waals surface area contributed by atoms with Crippen molar-refractivity contribution in [2.45, 2.75) is 20.0 Å². The van der Waals surface area contributed by atoms with E-state index in [1.54, 1.807) is 0 Å². The first kappa shape index (κ1) is 9.15. The first-order valence-corrected chi connectivity index (χ1v) is 4.80. The number of aryl methyl sites for hydroxylation is 1. The molecular weight excluding hydrogens is 176 g/mol. The van der Waals surface area contributed by atoms with Crippen LogP contribution in [0.5, 0.6) is 0 Å². The van der Waals surface area contributed by atoms with Crippen molar-refractivity contribution in [1.29, 1.82) is 0 Å². The Morgan fingerprint density at radius 1 is 1.43 bits per heavy atom. The zero-order valence-corrected chi connectivity index (χ0v) is 8.49. The van der Waals surface area contributed by atoms with Gasteiger partial charge in [-0.15, -0.1) is 0 Å². The lowest BCUT2D eigenvalue weighted by Gasteiger charge is -2.00. The molecule has 0 radical (unpaired) electrons. The minimum Gasteiger partial charge on any atom is -0.316 e. The van der Waals surface area contributed by atoms with Crippen molar-refractivity contribution < 1.29 is 0 Å². The number of fused-ring (bicyclic) bond motifs is 1. The highest BCUT2D eigenvalue weighted by Gasteiger charge is 2.02. The quantitative estimate of drug-likeness (QED) is 0.790. The van der Waals surface area contributed by atoms with Gasteiger partial charge < -0.3 is 5.32 Å². The molecule has 0 amide bonds. The number of nitrogens with zero attached hydrogens (tertiary/aromatic N) is 3. The molecule has 0 bridgehead atoms. The summed E-state index contributed by atoms with van der Waals surface area (Å²) < 4.78 is 1.90. The first-order chi connectivity index (χ1) is 6.85. The highest BCUT2D eigenvalue weighted by Crippen LogP contribution is 2.12. The van der Waals surface area contributed by atoms with Crippen LogP contribution in [0.2, 0.25) is 0 Å². The van der Waals surface area contributed by atoms with Crippen molar-refractivity contribution in [1.82, 2.24) is 20.1 Å². The molecule has 0 aromatic carbocycles. The first-order valence-electron chi connectivity index (χ1n) is 4.80. The van der Waals surface area contributed by atoms with Gasteiger partial charge in [-0.3, -0.25) is 0 Å². The second-order valence-electron chi connectivity index (χ2n) is 3.25. The van der Waals surface area contributed by atoms with Gasteiger partial charge in [0.2, 0.25) is 0 Å². The van der Waals surface area contributed by atoms with Gasteiger partial charge in [0.1, 0.15) is 0 Å². The van der Waals surface area contributed by atoms with E-state index in [-0.39, 0.29) is 0 Å². The number of aromatic nitrogens is 3. The summed E-state index contributed by atoms with van der Waals surface area (Å²) in [5, 5.41) is 8.46. The van der Waals surface area contributed by atoms with Crippen LogP contribution in [0.25, 0.3) is 11.0 Å². The summed E-state index contributed by atoms with van der Waals surface area (Å²) >= 11 is 0. The molecule has 14 heavy (non-hydrogen) atoms. The molecule has 74 valence electrons. The third kappa shape index (κ3) is 1.48. The molecule has 4 heteroatoms. The van der Waals surface area contributed by atoms with Gasteiger partial charge in [-0.2, -0.15) is 5.10 Å². The lowest BCUT2D eigenvalue weighted by Crippen LogP contribution is -2.05. The fourth-order valence-electron chi connectivity index (χ4n) is 1.55. The number of hydrogen-bond acceptors (Lipinski definition) is 3. The van der Waals surface area contributed by atoms with E-state index >= 15 is 0 Å². The van der Waals surface area contributed by atoms with Crippen LogP contribution in [0.4, 0.5) is 0 Å². The van der Waals surface area contributed by atoms with E-state index in [2.05, 4.69) is 28.4 Å². The Balaban J connectivity index is 2.46. The van der Waals surface area contributed by atoms with E-state index in [1.807, 2.05) is 24.1 Å². The van der Waals surface area contributed by atoms with Crippen LogP contribution in [0, 0.1) is 0 Å². The predicted octanol–water partition coefficient (Wildman–Crippen LogP) is 1.17. The average Bonchev–Trinajstić information content (AvgIpc) is 2.60. The highest BCUT2D eigenvalue weighted by molar-refractivity contribution is 5.74. The monoisotopic (exact) mass is 190 g/mol. The lowest BCUT2D eigenvalue weighted by molar-refractivity contribution is 0.676. The van der Waals surface area contributed by atoms with Crippen LogP contribution >= 0.6 is 0 Å². The summed E-state index contributed by atoms with van der Waals surface area (Å²) in [6.07, 6.45) is 3.76. The van der Waals surface area contributed by atoms with Crippen molar-refractivity contribution >= 4 is 11.0 Å². The van der Waals surface area contributed by atoms with Gasteiger partial charge in [0.05, 0.1) is 6.20 Å². The molecular formula is C10H14N4. The van der Waals surface area contributed by atoms with E-state index in [0.717, 1.165) is 24.1 Å². The van der Waals surface area contributed by atoms with Crippen LogP contribution in [0.1, 0.15) is 12.5 Å². The molecule has 4 nitrogen and oxygen atoms in total. The molecule has 0 spiro atoms. The molecule has 2 aromatic rings. The zero-order valence-electron chi connectivity index (χ0n) is 8.49. The molecule has 0 fully saturated rings. The minimum absolute atomic E-state index is 0.847. The highest BCUT2D eigenvalue weighted by atomic mass is 15.3. The molecule has 1 N–H and O–H groups in total. The topological polar surface area (TPSA) is 42.7 Å². The van der Waals surface area contributed by atoms with Crippen LogP contribution < -0.4 is 5.32 Å². The summed E-state index contributed by atoms with van der Waals surface area (Å²) in [4.78, 5) is 4.39. The number of hydrogen-bond donors (Lipinski definition) is 1. The molecule has 0 saturated heterocycles. The standard InChI is InChI=1S/C10H14N4/c1-3-14-10-9(7-13-14)4-8(5-11-2)6-12-10/h4,6-7,11H,3,5H2,1-2H3. The van der Waals surface area contributed by atoms with Crippen molar-refractivity contribution in [3.8, 4) is 0 Å². The minimum atomic E-state index is 0.847. The Morgan fingerprint density at radius 3 is 3.00 bits per heavy atom. The number of rotatable bonds is 3. The molecule has 0 unspecified atom stereocenters. The van der Waals surface area contributed by atoms with Crippen LogP contribution in [-0.4, -0.2) is 21.8 Å². The van der Waals surface area contributed by atoms with E-state index in [9.17, 15) is 0 Å². The van der Waals surface area contributed by atoms with E-state index in [4.69, 9.17) is 0 Å². The van der Waals surface area contributed by atoms with Crippen molar-refractivity contribution in [3.63, 3.8) is 0 Å². The average molecular weight is 190 g/mol.